The van der Waals surface area contributed by atoms with Gasteiger partial charge in [-0.05, 0) is 18.2 Å². The van der Waals surface area contributed by atoms with Crippen LogP contribution in [-0.4, -0.2) is 33.7 Å². The van der Waals surface area contributed by atoms with Crippen molar-refractivity contribution in [1.29, 1.82) is 0 Å². The standard InChI is InChI=1S/C10H10ClNO5S/c11-7-1-6(2-9(3-7)18(12,14)15)10(13)17-8-4-16-5-8/h1-3,8H,4-5H2,(H2,12,14,15). The van der Waals surface area contributed by atoms with Crippen LogP contribution in [0.2, 0.25) is 5.02 Å². The second kappa shape index (κ2) is 4.85. The van der Waals surface area contributed by atoms with E-state index >= 15 is 0 Å². The third-order valence-corrected chi connectivity index (χ3v) is 3.43. The van der Waals surface area contributed by atoms with E-state index in [-0.39, 0.29) is 21.6 Å². The van der Waals surface area contributed by atoms with Crippen LogP contribution in [0.1, 0.15) is 10.4 Å². The summed E-state index contributed by atoms with van der Waals surface area (Å²) < 4.78 is 32.3. The molecule has 0 aliphatic carbocycles. The van der Waals surface area contributed by atoms with Gasteiger partial charge >= 0.3 is 5.97 Å². The zero-order valence-corrected chi connectivity index (χ0v) is 10.7. The molecule has 1 aromatic rings. The molecule has 2 N–H and O–H groups in total. The smallest absolute Gasteiger partial charge is 0.338 e. The minimum absolute atomic E-state index is 0.0402. The molecular formula is C10H10ClNO5S. The summed E-state index contributed by atoms with van der Waals surface area (Å²) in [5, 5.41) is 5.07. The van der Waals surface area contributed by atoms with Crippen molar-refractivity contribution in [3.05, 3.63) is 28.8 Å². The molecule has 0 atom stereocenters. The molecule has 1 heterocycles. The number of benzene rings is 1. The summed E-state index contributed by atoms with van der Waals surface area (Å²) in [7, 11) is -3.92. The fourth-order valence-electron chi connectivity index (χ4n) is 1.35. The van der Waals surface area contributed by atoms with Gasteiger partial charge in [-0.3, -0.25) is 0 Å². The van der Waals surface area contributed by atoms with E-state index in [1.165, 1.54) is 12.1 Å². The number of ether oxygens (including phenoxy) is 2. The third kappa shape index (κ3) is 2.99. The molecule has 0 amide bonds. The van der Waals surface area contributed by atoms with E-state index in [1.807, 2.05) is 0 Å². The fourth-order valence-corrected chi connectivity index (χ4v) is 2.23. The first-order valence-corrected chi connectivity index (χ1v) is 6.91. The van der Waals surface area contributed by atoms with Gasteiger partial charge in [-0.25, -0.2) is 18.4 Å². The van der Waals surface area contributed by atoms with Crippen LogP contribution in [0.3, 0.4) is 0 Å². The Hall–Kier alpha value is -1.15. The van der Waals surface area contributed by atoms with Crippen LogP contribution in [0.5, 0.6) is 0 Å². The molecule has 8 heteroatoms. The maximum atomic E-state index is 11.7. The number of sulfonamides is 1. The first kappa shape index (κ1) is 13.3. The minimum Gasteiger partial charge on any atom is -0.454 e. The molecule has 98 valence electrons. The lowest BCUT2D eigenvalue weighted by Crippen LogP contribution is -2.37. The van der Waals surface area contributed by atoms with Gasteiger partial charge in [-0.15, -0.1) is 0 Å². The number of nitrogens with two attached hydrogens (primary N) is 1. The van der Waals surface area contributed by atoms with Crippen molar-refractivity contribution in [2.75, 3.05) is 13.2 Å². The van der Waals surface area contributed by atoms with Crippen LogP contribution in [0.15, 0.2) is 23.1 Å². The predicted octanol–water partition coefficient (Wildman–Crippen LogP) is 0.543. The highest BCUT2D eigenvalue weighted by atomic mass is 35.5. The lowest BCUT2D eigenvalue weighted by atomic mass is 10.2. The van der Waals surface area contributed by atoms with Crippen molar-refractivity contribution in [2.45, 2.75) is 11.0 Å². The quantitative estimate of drug-likeness (QED) is 0.820. The average Bonchev–Trinajstić information content (AvgIpc) is 2.21. The molecule has 2 rings (SSSR count). The Kier molecular flexibility index (Phi) is 3.58. The summed E-state index contributed by atoms with van der Waals surface area (Å²) in [4.78, 5) is 11.5. The van der Waals surface area contributed by atoms with Crippen molar-refractivity contribution >= 4 is 27.6 Å². The van der Waals surface area contributed by atoms with Gasteiger partial charge in [0, 0.05) is 5.02 Å². The molecule has 18 heavy (non-hydrogen) atoms. The molecule has 1 aromatic carbocycles. The van der Waals surface area contributed by atoms with Gasteiger partial charge in [0.25, 0.3) is 0 Å². The number of carbonyl (C=O) groups excluding carboxylic acids is 1. The van der Waals surface area contributed by atoms with Crippen molar-refractivity contribution in [1.82, 2.24) is 0 Å². The van der Waals surface area contributed by atoms with Crippen LogP contribution < -0.4 is 5.14 Å². The number of hydrogen-bond donors (Lipinski definition) is 1. The topological polar surface area (TPSA) is 95.7 Å². The van der Waals surface area contributed by atoms with Crippen molar-refractivity contribution in [3.63, 3.8) is 0 Å². The van der Waals surface area contributed by atoms with Gasteiger partial charge in [0.05, 0.1) is 23.7 Å². The van der Waals surface area contributed by atoms with Crippen LogP contribution in [0, 0.1) is 0 Å². The molecular weight excluding hydrogens is 282 g/mol. The fraction of sp³-hybridized carbons (Fsp3) is 0.300. The maximum absolute atomic E-state index is 11.7. The molecule has 0 aromatic heterocycles. The summed E-state index contributed by atoms with van der Waals surface area (Å²) >= 11 is 5.73. The minimum atomic E-state index is -3.92. The predicted molar refractivity (Wildman–Crippen MR) is 62.8 cm³/mol. The lowest BCUT2D eigenvalue weighted by molar-refractivity contribution is -0.103. The third-order valence-electron chi connectivity index (χ3n) is 2.32. The molecule has 6 nitrogen and oxygen atoms in total. The second-order valence-corrected chi connectivity index (χ2v) is 5.78. The zero-order valence-electron chi connectivity index (χ0n) is 9.13. The highest BCUT2D eigenvalue weighted by molar-refractivity contribution is 7.89. The number of halogens is 1. The largest absolute Gasteiger partial charge is 0.454 e. The molecule has 1 saturated heterocycles. The van der Waals surface area contributed by atoms with E-state index in [4.69, 9.17) is 26.2 Å². The van der Waals surface area contributed by atoms with Crippen molar-refractivity contribution in [3.8, 4) is 0 Å². The normalized spacial score (nSPS) is 16.1. The SMILES string of the molecule is NS(=O)(=O)c1cc(Cl)cc(C(=O)OC2COC2)c1. The summed E-state index contributed by atoms with van der Waals surface area (Å²) in [6, 6.07) is 3.61. The molecule has 0 radical (unpaired) electrons. The summed E-state index contributed by atoms with van der Waals surface area (Å²) in [5.74, 6) is -0.657. The van der Waals surface area contributed by atoms with E-state index in [9.17, 15) is 13.2 Å². The first-order chi connectivity index (χ1) is 8.36. The van der Waals surface area contributed by atoms with Gasteiger partial charge in [0.15, 0.2) is 0 Å². The monoisotopic (exact) mass is 291 g/mol. The Morgan fingerprint density at radius 2 is 2.06 bits per heavy atom. The molecule has 0 saturated carbocycles. The summed E-state index contributed by atoms with van der Waals surface area (Å²) in [6.45, 7) is 0.683. The highest BCUT2D eigenvalue weighted by Crippen LogP contribution is 2.20. The van der Waals surface area contributed by atoms with Crippen LogP contribution in [0.4, 0.5) is 0 Å². The Balaban J connectivity index is 2.27. The van der Waals surface area contributed by atoms with Gasteiger partial charge < -0.3 is 9.47 Å². The van der Waals surface area contributed by atoms with Crippen molar-refractivity contribution < 1.29 is 22.7 Å². The highest BCUT2D eigenvalue weighted by Gasteiger charge is 2.24. The first-order valence-electron chi connectivity index (χ1n) is 4.98. The van der Waals surface area contributed by atoms with E-state index in [0.717, 1.165) is 6.07 Å². The van der Waals surface area contributed by atoms with Gasteiger partial charge in [0.2, 0.25) is 10.0 Å². The van der Waals surface area contributed by atoms with Gasteiger partial charge in [-0.2, -0.15) is 0 Å². The van der Waals surface area contributed by atoms with E-state index in [0.29, 0.717) is 13.2 Å². The van der Waals surface area contributed by atoms with Crippen LogP contribution in [0.25, 0.3) is 0 Å². The Morgan fingerprint density at radius 3 is 2.56 bits per heavy atom. The molecule has 0 unspecified atom stereocenters. The summed E-state index contributed by atoms with van der Waals surface area (Å²) in [6.07, 6.45) is -0.297. The van der Waals surface area contributed by atoms with E-state index in [2.05, 4.69) is 0 Å². The Bertz CT molecular complexity index is 582. The Labute approximate surface area is 109 Å². The van der Waals surface area contributed by atoms with E-state index in [1.54, 1.807) is 0 Å². The molecule has 0 bridgehead atoms. The molecule has 1 fully saturated rings. The Morgan fingerprint density at radius 1 is 1.39 bits per heavy atom. The molecule has 1 aliphatic rings. The number of hydrogen-bond acceptors (Lipinski definition) is 5. The number of primary sulfonamides is 1. The van der Waals surface area contributed by atoms with Gasteiger partial charge in [-0.1, -0.05) is 11.6 Å². The number of rotatable bonds is 3. The van der Waals surface area contributed by atoms with E-state index < -0.39 is 16.0 Å². The van der Waals surface area contributed by atoms with Gasteiger partial charge in [0.1, 0.15) is 6.10 Å². The van der Waals surface area contributed by atoms with Crippen LogP contribution >= 0.6 is 11.6 Å². The lowest BCUT2D eigenvalue weighted by Gasteiger charge is -2.25. The number of carbonyl (C=O) groups is 1. The summed E-state index contributed by atoms with van der Waals surface area (Å²) in [5.41, 5.74) is 0.0402. The van der Waals surface area contributed by atoms with Crippen molar-refractivity contribution in [2.24, 2.45) is 5.14 Å². The second-order valence-electron chi connectivity index (χ2n) is 3.79. The molecule has 0 spiro atoms. The van der Waals surface area contributed by atoms with Crippen LogP contribution in [-0.2, 0) is 19.5 Å². The molecule has 1 aliphatic heterocycles. The zero-order chi connectivity index (χ0) is 13.3. The maximum Gasteiger partial charge on any atom is 0.338 e. The average molecular weight is 292 g/mol. The number of esters is 1.